The molecule has 3 rings (SSSR count). The summed E-state index contributed by atoms with van der Waals surface area (Å²) in [4.78, 5) is 22.8. The lowest BCUT2D eigenvalue weighted by molar-refractivity contribution is -0.385. The van der Waals surface area contributed by atoms with Crippen molar-refractivity contribution in [2.24, 2.45) is 0 Å². The molecule has 0 radical (unpaired) electrons. The number of amides is 1. The molecular formula is C16H17N7O5S2. The Labute approximate surface area is 175 Å². The molecule has 1 aromatic carbocycles. The average Bonchev–Trinajstić information content (AvgIpc) is 3.34. The van der Waals surface area contributed by atoms with E-state index in [0.29, 0.717) is 18.0 Å². The second kappa shape index (κ2) is 8.54. The summed E-state index contributed by atoms with van der Waals surface area (Å²) >= 11 is 1.14. The molecule has 0 saturated heterocycles. The van der Waals surface area contributed by atoms with Crippen LogP contribution in [0.25, 0.3) is 0 Å². The molecule has 2 aromatic heterocycles. The standard InChI is InChI=1S/C16H17N7O5S2/c1-3-13-18-19-16(29-13)21-30(27,28)11-7-5-10(6-8-11)17-15(24)14-12(23(25)26)9-22(4-2)20-14/h5-9H,3-4H2,1-2H3,(H,17,24)(H,19,21). The number of aromatic nitrogens is 4. The summed E-state index contributed by atoms with van der Waals surface area (Å²) in [5, 5.41) is 26.0. The smallest absolute Gasteiger partial charge is 0.320 e. The van der Waals surface area contributed by atoms with Crippen molar-refractivity contribution >= 4 is 43.8 Å². The van der Waals surface area contributed by atoms with Crippen molar-refractivity contribution in [2.45, 2.75) is 31.7 Å². The van der Waals surface area contributed by atoms with Gasteiger partial charge in [-0.15, -0.1) is 10.2 Å². The quantitative estimate of drug-likeness (QED) is 0.389. The molecule has 0 unspecified atom stereocenters. The second-order valence-corrected chi connectivity index (χ2v) is 8.66. The summed E-state index contributed by atoms with van der Waals surface area (Å²) in [7, 11) is -3.88. The van der Waals surface area contributed by atoms with Gasteiger partial charge in [-0.3, -0.25) is 24.3 Å². The van der Waals surface area contributed by atoms with Gasteiger partial charge in [0.05, 0.1) is 9.82 Å². The van der Waals surface area contributed by atoms with Crippen LogP contribution in [0.15, 0.2) is 35.4 Å². The van der Waals surface area contributed by atoms with Gasteiger partial charge in [0.25, 0.3) is 15.9 Å². The Morgan fingerprint density at radius 2 is 1.93 bits per heavy atom. The van der Waals surface area contributed by atoms with Gasteiger partial charge in [-0.05, 0) is 37.6 Å². The Kier molecular flexibility index (Phi) is 6.07. The minimum atomic E-state index is -3.88. The van der Waals surface area contributed by atoms with Crippen molar-refractivity contribution in [3.05, 3.63) is 51.3 Å². The number of carbonyl (C=O) groups is 1. The molecule has 0 aliphatic heterocycles. The van der Waals surface area contributed by atoms with E-state index in [4.69, 9.17) is 0 Å². The third kappa shape index (κ3) is 4.60. The molecule has 3 aromatic rings. The van der Waals surface area contributed by atoms with Crippen LogP contribution in [0.4, 0.5) is 16.5 Å². The molecule has 2 heterocycles. The van der Waals surface area contributed by atoms with Crippen molar-refractivity contribution in [1.82, 2.24) is 20.0 Å². The van der Waals surface area contributed by atoms with Gasteiger partial charge in [-0.1, -0.05) is 18.3 Å². The van der Waals surface area contributed by atoms with Crippen molar-refractivity contribution in [2.75, 3.05) is 10.0 Å². The molecular weight excluding hydrogens is 434 g/mol. The Morgan fingerprint density at radius 3 is 2.50 bits per heavy atom. The highest BCUT2D eigenvalue weighted by Crippen LogP contribution is 2.22. The summed E-state index contributed by atoms with van der Waals surface area (Å²) in [6.45, 7) is 3.98. The Morgan fingerprint density at radius 1 is 1.23 bits per heavy atom. The summed E-state index contributed by atoms with van der Waals surface area (Å²) in [6, 6.07) is 5.32. The normalized spacial score (nSPS) is 11.3. The first kappa shape index (κ1) is 21.3. The molecule has 0 fully saturated rings. The van der Waals surface area contributed by atoms with E-state index in [1.165, 1.54) is 35.1 Å². The third-order valence-corrected chi connectivity index (χ3v) is 6.36. The zero-order chi connectivity index (χ0) is 21.9. The maximum atomic E-state index is 12.5. The van der Waals surface area contributed by atoms with Gasteiger partial charge in [0.2, 0.25) is 10.8 Å². The number of benzene rings is 1. The van der Waals surface area contributed by atoms with Gasteiger partial charge < -0.3 is 5.32 Å². The van der Waals surface area contributed by atoms with Gasteiger partial charge in [0.15, 0.2) is 0 Å². The number of nitrogens with one attached hydrogen (secondary N) is 2. The number of aryl methyl sites for hydroxylation is 2. The van der Waals surface area contributed by atoms with Crippen LogP contribution >= 0.6 is 11.3 Å². The maximum absolute atomic E-state index is 12.5. The lowest BCUT2D eigenvalue weighted by Gasteiger charge is -2.07. The maximum Gasteiger partial charge on any atom is 0.320 e. The van der Waals surface area contributed by atoms with Crippen LogP contribution in [0.1, 0.15) is 29.3 Å². The van der Waals surface area contributed by atoms with E-state index in [1.807, 2.05) is 6.92 Å². The highest BCUT2D eigenvalue weighted by Gasteiger charge is 2.25. The molecule has 0 saturated carbocycles. The van der Waals surface area contributed by atoms with E-state index in [1.54, 1.807) is 6.92 Å². The minimum Gasteiger partial charge on any atom is -0.320 e. The number of sulfonamides is 1. The van der Waals surface area contributed by atoms with E-state index in [0.717, 1.165) is 11.3 Å². The molecule has 0 atom stereocenters. The molecule has 30 heavy (non-hydrogen) atoms. The van der Waals surface area contributed by atoms with Gasteiger partial charge in [-0.2, -0.15) is 5.10 Å². The highest BCUT2D eigenvalue weighted by atomic mass is 32.2. The van der Waals surface area contributed by atoms with E-state index < -0.39 is 26.5 Å². The number of hydrogen-bond donors (Lipinski definition) is 2. The zero-order valence-electron chi connectivity index (χ0n) is 15.9. The first-order valence-corrected chi connectivity index (χ1v) is 11.0. The Hall–Kier alpha value is -3.39. The molecule has 0 spiro atoms. The molecule has 0 bridgehead atoms. The summed E-state index contributed by atoms with van der Waals surface area (Å²) in [6.07, 6.45) is 1.82. The first-order chi connectivity index (χ1) is 14.2. The summed E-state index contributed by atoms with van der Waals surface area (Å²) in [5.41, 5.74) is -0.493. The number of carbonyl (C=O) groups excluding carboxylic acids is 1. The Bertz CT molecular complexity index is 1190. The highest BCUT2D eigenvalue weighted by molar-refractivity contribution is 7.93. The monoisotopic (exact) mass is 451 g/mol. The van der Waals surface area contributed by atoms with E-state index >= 15 is 0 Å². The minimum absolute atomic E-state index is 0.0463. The van der Waals surface area contributed by atoms with Gasteiger partial charge in [-0.25, -0.2) is 8.42 Å². The predicted molar refractivity (Wildman–Crippen MR) is 109 cm³/mol. The van der Waals surface area contributed by atoms with E-state index in [-0.39, 0.29) is 21.4 Å². The molecule has 0 aliphatic carbocycles. The number of anilines is 2. The molecule has 14 heteroatoms. The van der Waals surface area contributed by atoms with Gasteiger partial charge >= 0.3 is 5.69 Å². The fourth-order valence-corrected chi connectivity index (χ4v) is 4.30. The SMILES string of the molecule is CCc1nnc(NS(=O)(=O)c2ccc(NC(=O)c3nn(CC)cc3[N+](=O)[O-])cc2)s1. The van der Waals surface area contributed by atoms with Gasteiger partial charge in [0.1, 0.15) is 11.2 Å². The lowest BCUT2D eigenvalue weighted by Crippen LogP contribution is -2.15. The number of nitro groups is 1. The van der Waals surface area contributed by atoms with Gasteiger partial charge in [0, 0.05) is 12.2 Å². The number of nitrogens with zero attached hydrogens (tertiary/aromatic N) is 5. The van der Waals surface area contributed by atoms with Crippen LogP contribution in [-0.4, -0.2) is 39.2 Å². The van der Waals surface area contributed by atoms with Crippen molar-refractivity contribution in [3.8, 4) is 0 Å². The van der Waals surface area contributed by atoms with E-state index in [9.17, 15) is 23.3 Å². The van der Waals surface area contributed by atoms with Crippen LogP contribution in [0, 0.1) is 10.1 Å². The number of rotatable bonds is 8. The molecule has 2 N–H and O–H groups in total. The molecule has 1 amide bonds. The molecule has 0 aliphatic rings. The fraction of sp³-hybridized carbons (Fsp3) is 0.250. The summed E-state index contributed by atoms with van der Waals surface area (Å²) < 4.78 is 28.6. The lowest BCUT2D eigenvalue weighted by atomic mass is 10.3. The molecule has 158 valence electrons. The third-order valence-electron chi connectivity index (χ3n) is 3.89. The topological polar surface area (TPSA) is 162 Å². The largest absolute Gasteiger partial charge is 0.320 e. The van der Waals surface area contributed by atoms with Crippen molar-refractivity contribution in [3.63, 3.8) is 0 Å². The van der Waals surface area contributed by atoms with Crippen LogP contribution in [0.3, 0.4) is 0 Å². The van der Waals surface area contributed by atoms with Crippen molar-refractivity contribution < 1.29 is 18.1 Å². The molecule has 12 nitrogen and oxygen atoms in total. The van der Waals surface area contributed by atoms with Crippen LogP contribution in [0.5, 0.6) is 0 Å². The summed E-state index contributed by atoms with van der Waals surface area (Å²) in [5.74, 6) is -0.774. The fourth-order valence-electron chi connectivity index (χ4n) is 2.39. The van der Waals surface area contributed by atoms with Crippen molar-refractivity contribution in [1.29, 1.82) is 0 Å². The average molecular weight is 451 g/mol. The van der Waals surface area contributed by atoms with E-state index in [2.05, 4.69) is 25.3 Å². The first-order valence-electron chi connectivity index (χ1n) is 8.72. The predicted octanol–water partition coefficient (Wildman–Crippen LogP) is 2.28. The second-order valence-electron chi connectivity index (χ2n) is 5.91. The zero-order valence-corrected chi connectivity index (χ0v) is 17.5. The number of hydrogen-bond acceptors (Lipinski definition) is 9. The van der Waals surface area contributed by atoms with Crippen LogP contribution in [-0.2, 0) is 23.0 Å². The van der Waals surface area contributed by atoms with Crippen LogP contribution in [0.2, 0.25) is 0 Å². The Balaban J connectivity index is 1.75. The van der Waals surface area contributed by atoms with Crippen LogP contribution < -0.4 is 10.0 Å².